The number of benzene rings is 2. The van der Waals surface area contributed by atoms with Crippen LogP contribution in [0, 0.1) is 6.92 Å². The number of carbonyl (C=O) groups is 1. The predicted octanol–water partition coefficient (Wildman–Crippen LogP) is 3.66. The van der Waals surface area contributed by atoms with E-state index in [2.05, 4.69) is 10.0 Å². The van der Waals surface area contributed by atoms with Crippen LogP contribution in [0.4, 0.5) is 5.69 Å². The molecule has 2 N–H and O–H groups in total. The first-order chi connectivity index (χ1) is 12.8. The van der Waals surface area contributed by atoms with Crippen LogP contribution in [0.5, 0.6) is 0 Å². The molecule has 0 bridgehead atoms. The van der Waals surface area contributed by atoms with Crippen molar-refractivity contribution >= 4 is 33.2 Å². The number of amides is 1. The molecule has 2 aromatic carbocycles. The maximum Gasteiger partial charge on any atom is 0.240 e. The zero-order chi connectivity index (χ0) is 20.0. The Labute approximate surface area is 164 Å². The summed E-state index contributed by atoms with van der Waals surface area (Å²) in [5.41, 5.74) is 1.80. The lowest BCUT2D eigenvalue weighted by Crippen LogP contribution is -2.30. The Kier molecular flexibility index (Phi) is 7.38. The number of sulfonamides is 1. The second-order valence-electron chi connectivity index (χ2n) is 5.98. The van der Waals surface area contributed by atoms with Crippen LogP contribution in [-0.2, 0) is 19.6 Å². The first-order valence-corrected chi connectivity index (χ1v) is 10.3. The van der Waals surface area contributed by atoms with Crippen molar-refractivity contribution in [2.24, 2.45) is 0 Å². The van der Waals surface area contributed by atoms with Crippen molar-refractivity contribution < 1.29 is 17.9 Å². The molecule has 0 aliphatic carbocycles. The summed E-state index contributed by atoms with van der Waals surface area (Å²) in [7, 11) is -2.25. The minimum atomic E-state index is -3.75. The highest BCUT2D eigenvalue weighted by molar-refractivity contribution is 7.89. The SMILES string of the molecule is CCC(=O)Nc1ccc(S(=O)(=O)NCC(OC)c2ccccc2Cl)c(C)c1. The number of nitrogens with one attached hydrogen (secondary N) is 2. The van der Waals surface area contributed by atoms with Gasteiger partial charge >= 0.3 is 0 Å². The molecule has 1 unspecified atom stereocenters. The molecule has 1 amide bonds. The van der Waals surface area contributed by atoms with Crippen molar-refractivity contribution in [2.75, 3.05) is 19.0 Å². The summed E-state index contributed by atoms with van der Waals surface area (Å²) in [6.07, 6.45) is -0.168. The average Bonchev–Trinajstić information content (AvgIpc) is 2.63. The molecule has 27 heavy (non-hydrogen) atoms. The van der Waals surface area contributed by atoms with E-state index in [1.165, 1.54) is 13.2 Å². The van der Waals surface area contributed by atoms with E-state index >= 15 is 0 Å². The van der Waals surface area contributed by atoms with Crippen LogP contribution in [0.1, 0.15) is 30.6 Å². The quantitative estimate of drug-likeness (QED) is 0.695. The van der Waals surface area contributed by atoms with Crippen molar-refractivity contribution in [2.45, 2.75) is 31.3 Å². The van der Waals surface area contributed by atoms with E-state index in [9.17, 15) is 13.2 Å². The number of methoxy groups -OCH3 is 1. The van der Waals surface area contributed by atoms with Gasteiger partial charge in [-0.25, -0.2) is 13.1 Å². The second-order valence-corrected chi connectivity index (χ2v) is 8.12. The second kappa shape index (κ2) is 9.32. The summed E-state index contributed by atoms with van der Waals surface area (Å²) >= 11 is 6.17. The smallest absolute Gasteiger partial charge is 0.240 e. The van der Waals surface area contributed by atoms with Gasteiger partial charge in [-0.1, -0.05) is 36.7 Å². The van der Waals surface area contributed by atoms with E-state index < -0.39 is 16.1 Å². The number of anilines is 1. The number of hydrogen-bond acceptors (Lipinski definition) is 4. The molecule has 0 aliphatic rings. The first-order valence-electron chi connectivity index (χ1n) is 8.46. The molecule has 0 radical (unpaired) electrons. The van der Waals surface area contributed by atoms with Crippen molar-refractivity contribution in [3.05, 3.63) is 58.6 Å². The standard InChI is InChI=1S/C19H23ClN2O4S/c1-4-19(23)22-14-9-10-18(13(2)11-14)27(24,25)21-12-17(26-3)15-7-5-6-8-16(15)20/h5-11,17,21H,4,12H2,1-3H3,(H,22,23). The highest BCUT2D eigenvalue weighted by atomic mass is 35.5. The minimum Gasteiger partial charge on any atom is -0.375 e. The number of aryl methyl sites for hydroxylation is 1. The maximum atomic E-state index is 12.7. The third-order valence-corrected chi connectivity index (χ3v) is 5.99. The van der Waals surface area contributed by atoms with Gasteiger partial charge in [-0.15, -0.1) is 0 Å². The summed E-state index contributed by atoms with van der Waals surface area (Å²) < 4.78 is 33.3. The molecular weight excluding hydrogens is 388 g/mol. The lowest BCUT2D eigenvalue weighted by Gasteiger charge is -2.18. The van der Waals surface area contributed by atoms with Crippen LogP contribution < -0.4 is 10.0 Å². The van der Waals surface area contributed by atoms with Crippen molar-refractivity contribution in [3.63, 3.8) is 0 Å². The number of carbonyl (C=O) groups excluding carboxylic acids is 1. The van der Waals surface area contributed by atoms with Gasteiger partial charge < -0.3 is 10.1 Å². The molecule has 0 saturated heterocycles. The Morgan fingerprint density at radius 3 is 2.52 bits per heavy atom. The molecule has 146 valence electrons. The van der Waals surface area contributed by atoms with Gasteiger partial charge in [-0.2, -0.15) is 0 Å². The minimum absolute atomic E-state index is 0.0380. The summed E-state index contributed by atoms with van der Waals surface area (Å²) in [6.45, 7) is 3.46. The number of ether oxygens (including phenoxy) is 1. The average molecular weight is 411 g/mol. The zero-order valence-corrected chi connectivity index (χ0v) is 17.0. The van der Waals surface area contributed by atoms with Gasteiger partial charge in [0.25, 0.3) is 0 Å². The van der Waals surface area contributed by atoms with Crippen LogP contribution in [0.3, 0.4) is 0 Å². The Morgan fingerprint density at radius 1 is 1.22 bits per heavy atom. The highest BCUT2D eigenvalue weighted by Gasteiger charge is 2.21. The Bertz CT molecular complexity index is 916. The molecule has 0 spiro atoms. The van der Waals surface area contributed by atoms with E-state index in [4.69, 9.17) is 16.3 Å². The molecule has 0 saturated carbocycles. The molecule has 8 heteroatoms. The van der Waals surface area contributed by atoms with E-state index in [0.717, 1.165) is 0 Å². The molecule has 6 nitrogen and oxygen atoms in total. The predicted molar refractivity (Wildman–Crippen MR) is 106 cm³/mol. The molecule has 0 heterocycles. The van der Waals surface area contributed by atoms with Crippen molar-refractivity contribution in [3.8, 4) is 0 Å². The van der Waals surface area contributed by atoms with Crippen molar-refractivity contribution in [1.82, 2.24) is 4.72 Å². The molecule has 1 atom stereocenters. The zero-order valence-electron chi connectivity index (χ0n) is 15.5. The van der Waals surface area contributed by atoms with Crippen LogP contribution in [-0.4, -0.2) is 28.0 Å². The summed E-state index contributed by atoms with van der Waals surface area (Å²) in [5, 5.41) is 3.22. The summed E-state index contributed by atoms with van der Waals surface area (Å²) in [5.74, 6) is -0.134. The van der Waals surface area contributed by atoms with Crippen molar-refractivity contribution in [1.29, 1.82) is 0 Å². The molecule has 2 rings (SSSR count). The molecule has 0 fully saturated rings. The van der Waals surface area contributed by atoms with Gasteiger partial charge in [-0.05, 0) is 36.8 Å². The van der Waals surface area contributed by atoms with Gasteiger partial charge in [0.2, 0.25) is 15.9 Å². The van der Waals surface area contributed by atoms with E-state index in [-0.39, 0.29) is 17.3 Å². The Hall–Kier alpha value is -1.93. The fourth-order valence-corrected chi connectivity index (χ4v) is 4.11. The normalized spacial score (nSPS) is 12.6. The number of rotatable bonds is 8. The first kappa shape index (κ1) is 21.4. The molecule has 0 aliphatic heterocycles. The van der Waals surface area contributed by atoms with Crippen LogP contribution in [0.25, 0.3) is 0 Å². The topological polar surface area (TPSA) is 84.5 Å². The third-order valence-electron chi connectivity index (χ3n) is 4.06. The molecule has 2 aromatic rings. The van der Waals surface area contributed by atoms with Crippen LogP contribution >= 0.6 is 11.6 Å². The van der Waals surface area contributed by atoms with E-state index in [1.807, 2.05) is 6.07 Å². The largest absolute Gasteiger partial charge is 0.375 e. The molecular formula is C19H23ClN2O4S. The van der Waals surface area contributed by atoms with Gasteiger partial charge in [0.15, 0.2) is 0 Å². The monoisotopic (exact) mass is 410 g/mol. The molecule has 0 aromatic heterocycles. The lowest BCUT2D eigenvalue weighted by atomic mass is 10.1. The van der Waals surface area contributed by atoms with Gasteiger partial charge in [0, 0.05) is 36.3 Å². The summed E-state index contributed by atoms with van der Waals surface area (Å²) in [6, 6.07) is 11.8. The number of hydrogen-bond donors (Lipinski definition) is 2. The fourth-order valence-electron chi connectivity index (χ4n) is 2.60. The van der Waals surface area contributed by atoms with E-state index in [0.29, 0.717) is 28.3 Å². The van der Waals surface area contributed by atoms with E-state index in [1.54, 1.807) is 44.2 Å². The van der Waals surface area contributed by atoms with Gasteiger partial charge in [-0.3, -0.25) is 4.79 Å². The maximum absolute atomic E-state index is 12.7. The summed E-state index contributed by atoms with van der Waals surface area (Å²) in [4.78, 5) is 11.6. The lowest BCUT2D eigenvalue weighted by molar-refractivity contribution is -0.115. The van der Waals surface area contributed by atoms with Gasteiger partial charge in [0.1, 0.15) is 0 Å². The Balaban J connectivity index is 2.16. The van der Waals surface area contributed by atoms with Crippen LogP contribution in [0.2, 0.25) is 5.02 Å². The highest BCUT2D eigenvalue weighted by Crippen LogP contribution is 2.25. The Morgan fingerprint density at radius 2 is 1.93 bits per heavy atom. The third kappa shape index (κ3) is 5.52. The van der Waals surface area contributed by atoms with Gasteiger partial charge in [0.05, 0.1) is 11.0 Å². The number of halogens is 1. The fraction of sp³-hybridized carbons (Fsp3) is 0.316. The van der Waals surface area contributed by atoms with Crippen LogP contribution in [0.15, 0.2) is 47.4 Å².